The first kappa shape index (κ1) is 27.6. The van der Waals surface area contributed by atoms with Gasteiger partial charge in [-0.15, -0.1) is 0 Å². The van der Waals surface area contributed by atoms with Crippen LogP contribution in [0.4, 0.5) is 16.4 Å². The number of rotatable bonds is 8. The van der Waals surface area contributed by atoms with E-state index in [2.05, 4.69) is 25.7 Å². The molecule has 2 aromatic heterocycles. The second-order valence-corrected chi connectivity index (χ2v) is 10.2. The number of nitrogens with zero attached hydrogens (tertiary/aromatic N) is 6. The zero-order chi connectivity index (χ0) is 28.0. The maximum atomic E-state index is 12.5. The minimum absolute atomic E-state index is 0.0391. The molecule has 3 aromatic rings. The molecule has 11 heteroatoms. The molecule has 1 aliphatic rings. The molecule has 3 heterocycles. The lowest BCUT2D eigenvalue weighted by Gasteiger charge is -2.34. The summed E-state index contributed by atoms with van der Waals surface area (Å²) in [5, 5.41) is 18.9. The van der Waals surface area contributed by atoms with Gasteiger partial charge in [0, 0.05) is 36.6 Å². The first-order valence-corrected chi connectivity index (χ1v) is 13.1. The number of carbonyl (C=O) groups is 2. The van der Waals surface area contributed by atoms with E-state index in [1.807, 2.05) is 56.8 Å². The number of likely N-dealkylation sites (tertiary alicyclic amines) is 1. The first-order chi connectivity index (χ1) is 18.7. The maximum Gasteiger partial charge on any atom is 0.410 e. The summed E-state index contributed by atoms with van der Waals surface area (Å²) in [7, 11) is 0. The van der Waals surface area contributed by atoms with E-state index in [0.29, 0.717) is 24.6 Å². The van der Waals surface area contributed by atoms with Crippen LogP contribution in [0.15, 0.2) is 42.9 Å². The fraction of sp³-hybridized carbons (Fsp3) is 0.429. The van der Waals surface area contributed by atoms with Crippen molar-refractivity contribution in [2.75, 3.05) is 25.0 Å². The molecule has 4 rings (SSSR count). The molecule has 1 aromatic carbocycles. The van der Waals surface area contributed by atoms with Crippen molar-refractivity contribution in [2.45, 2.75) is 58.6 Å². The van der Waals surface area contributed by atoms with E-state index < -0.39 is 5.60 Å². The summed E-state index contributed by atoms with van der Waals surface area (Å²) in [6.45, 7) is 8.98. The van der Waals surface area contributed by atoms with Gasteiger partial charge in [0.05, 0.1) is 29.7 Å². The van der Waals surface area contributed by atoms with Crippen molar-refractivity contribution in [1.29, 1.82) is 5.26 Å². The number of piperidine rings is 1. The average Bonchev–Trinajstić information content (AvgIpc) is 3.41. The number of hydrogen-bond donors (Lipinski definition) is 2. The van der Waals surface area contributed by atoms with Gasteiger partial charge in [0.25, 0.3) is 5.91 Å². The van der Waals surface area contributed by atoms with E-state index in [-0.39, 0.29) is 24.6 Å². The van der Waals surface area contributed by atoms with Gasteiger partial charge in [0.15, 0.2) is 0 Å². The normalized spacial score (nSPS) is 14.0. The van der Waals surface area contributed by atoms with E-state index in [9.17, 15) is 9.59 Å². The molecule has 39 heavy (non-hydrogen) atoms. The molecule has 0 spiro atoms. The SMILES string of the molecule is CCC(C)(C)OC(=O)N1CCC(n2cc(Nc3ncc(C)c(-c4ccc(C(=O)NCC#N)cc4)n3)cn2)CC1. The van der Waals surface area contributed by atoms with Crippen molar-refractivity contribution in [3.63, 3.8) is 0 Å². The Kier molecular flexibility index (Phi) is 8.44. The Morgan fingerprint density at radius 1 is 1.18 bits per heavy atom. The van der Waals surface area contributed by atoms with Crippen molar-refractivity contribution >= 4 is 23.6 Å². The Hall–Kier alpha value is -4.46. The molecule has 0 aliphatic carbocycles. The van der Waals surface area contributed by atoms with Gasteiger partial charge >= 0.3 is 6.09 Å². The summed E-state index contributed by atoms with van der Waals surface area (Å²) in [6.07, 6.45) is 7.50. The van der Waals surface area contributed by atoms with Crippen molar-refractivity contribution in [2.24, 2.45) is 0 Å². The van der Waals surface area contributed by atoms with Crippen LogP contribution in [0.2, 0.25) is 0 Å². The van der Waals surface area contributed by atoms with Crippen molar-refractivity contribution in [3.8, 4) is 17.3 Å². The smallest absolute Gasteiger partial charge is 0.410 e. The molecule has 0 saturated carbocycles. The Bertz CT molecular complexity index is 1350. The van der Waals surface area contributed by atoms with Crippen molar-refractivity contribution in [3.05, 3.63) is 54.0 Å². The van der Waals surface area contributed by atoms with Crippen LogP contribution in [0.5, 0.6) is 0 Å². The summed E-state index contributed by atoms with van der Waals surface area (Å²) < 4.78 is 7.55. The average molecular weight is 531 g/mol. The van der Waals surface area contributed by atoms with Gasteiger partial charge in [0.2, 0.25) is 5.95 Å². The molecule has 1 saturated heterocycles. The number of nitrogens with one attached hydrogen (secondary N) is 2. The minimum atomic E-state index is -0.465. The highest BCUT2D eigenvalue weighted by molar-refractivity contribution is 5.94. The van der Waals surface area contributed by atoms with Crippen LogP contribution in [0.25, 0.3) is 11.3 Å². The molecular weight excluding hydrogens is 496 g/mol. The molecule has 0 radical (unpaired) electrons. The van der Waals surface area contributed by atoms with Gasteiger partial charge in [-0.1, -0.05) is 19.1 Å². The molecular formula is C28H34N8O3. The molecule has 0 bridgehead atoms. The Balaban J connectivity index is 1.38. The Morgan fingerprint density at radius 2 is 1.90 bits per heavy atom. The van der Waals surface area contributed by atoms with Crippen LogP contribution in [0.3, 0.4) is 0 Å². The first-order valence-electron chi connectivity index (χ1n) is 13.1. The second-order valence-electron chi connectivity index (χ2n) is 10.2. The number of aromatic nitrogens is 4. The predicted octanol–water partition coefficient (Wildman–Crippen LogP) is 4.61. The molecule has 0 unspecified atom stereocenters. The topological polar surface area (TPSA) is 138 Å². The zero-order valence-corrected chi connectivity index (χ0v) is 22.8. The number of ether oxygens (including phenoxy) is 1. The minimum Gasteiger partial charge on any atom is -0.443 e. The largest absolute Gasteiger partial charge is 0.443 e. The van der Waals surface area contributed by atoms with Crippen molar-refractivity contribution < 1.29 is 14.3 Å². The summed E-state index contributed by atoms with van der Waals surface area (Å²) >= 11 is 0. The maximum absolute atomic E-state index is 12.5. The van der Waals surface area contributed by atoms with E-state index in [4.69, 9.17) is 10.00 Å². The fourth-order valence-corrected chi connectivity index (χ4v) is 4.21. The summed E-state index contributed by atoms with van der Waals surface area (Å²) in [6, 6.07) is 9.13. The lowest BCUT2D eigenvalue weighted by Crippen LogP contribution is -2.42. The highest BCUT2D eigenvalue weighted by Gasteiger charge is 2.29. The lowest BCUT2D eigenvalue weighted by molar-refractivity contribution is 0.00583. The van der Waals surface area contributed by atoms with E-state index in [1.54, 1.807) is 29.4 Å². The molecule has 204 valence electrons. The number of carbonyl (C=O) groups excluding carboxylic acids is 2. The van der Waals surface area contributed by atoms with Crippen LogP contribution in [-0.4, -0.2) is 61.9 Å². The molecule has 1 aliphatic heterocycles. The van der Waals surface area contributed by atoms with Gasteiger partial charge in [0.1, 0.15) is 12.1 Å². The van der Waals surface area contributed by atoms with Crippen LogP contribution in [0.1, 0.15) is 62.0 Å². The summed E-state index contributed by atoms with van der Waals surface area (Å²) in [5.41, 5.74) is 3.25. The highest BCUT2D eigenvalue weighted by atomic mass is 16.6. The molecule has 2 amide bonds. The third-order valence-electron chi connectivity index (χ3n) is 6.89. The number of hydrogen-bond acceptors (Lipinski definition) is 8. The zero-order valence-electron chi connectivity index (χ0n) is 22.8. The third-order valence-corrected chi connectivity index (χ3v) is 6.89. The van der Waals surface area contributed by atoms with E-state index in [0.717, 1.165) is 41.8 Å². The monoisotopic (exact) mass is 530 g/mol. The highest BCUT2D eigenvalue weighted by Crippen LogP contribution is 2.27. The standard InChI is InChI=1S/C28H34N8O3/c1-5-28(3,4)39-27(38)35-14-10-23(11-15-35)36-18-22(17-32-36)33-26-31-16-19(2)24(34-26)20-6-8-21(9-7-20)25(37)30-13-12-29/h6-9,16-18,23H,5,10-11,13-15H2,1-4H3,(H,30,37)(H,31,33,34). The van der Waals surface area contributed by atoms with E-state index >= 15 is 0 Å². The predicted molar refractivity (Wildman–Crippen MR) is 146 cm³/mol. The number of nitriles is 1. The van der Waals surface area contributed by atoms with Crippen LogP contribution in [0, 0.1) is 18.3 Å². The third kappa shape index (κ3) is 6.90. The Morgan fingerprint density at radius 3 is 2.56 bits per heavy atom. The number of benzene rings is 1. The number of anilines is 2. The summed E-state index contributed by atoms with van der Waals surface area (Å²) in [4.78, 5) is 35.4. The van der Waals surface area contributed by atoms with Gasteiger partial charge in [-0.3, -0.25) is 9.48 Å². The van der Waals surface area contributed by atoms with Crippen LogP contribution < -0.4 is 10.6 Å². The van der Waals surface area contributed by atoms with Crippen LogP contribution >= 0.6 is 0 Å². The van der Waals surface area contributed by atoms with Gasteiger partial charge in [-0.25, -0.2) is 14.8 Å². The van der Waals surface area contributed by atoms with Crippen molar-refractivity contribution in [1.82, 2.24) is 30.0 Å². The number of aryl methyl sites for hydroxylation is 1. The fourth-order valence-electron chi connectivity index (χ4n) is 4.21. The van der Waals surface area contributed by atoms with Gasteiger partial charge in [-0.2, -0.15) is 10.4 Å². The van der Waals surface area contributed by atoms with Gasteiger partial charge in [-0.05, 0) is 57.7 Å². The Labute approximate surface area is 228 Å². The van der Waals surface area contributed by atoms with Crippen LogP contribution in [-0.2, 0) is 4.74 Å². The lowest BCUT2D eigenvalue weighted by atomic mass is 10.1. The molecule has 0 atom stereocenters. The molecule has 1 fully saturated rings. The quantitative estimate of drug-likeness (QED) is 0.403. The second kappa shape index (κ2) is 11.9. The molecule has 11 nitrogen and oxygen atoms in total. The summed E-state index contributed by atoms with van der Waals surface area (Å²) in [5.74, 6) is 0.134. The number of amides is 2. The van der Waals surface area contributed by atoms with Gasteiger partial charge < -0.3 is 20.3 Å². The molecule has 2 N–H and O–H groups in total. The van der Waals surface area contributed by atoms with E-state index in [1.165, 1.54) is 0 Å².